The van der Waals surface area contributed by atoms with Crippen molar-refractivity contribution in [2.24, 2.45) is 11.8 Å². The standard InChI is InChI=1S/C19H18O4S/c1-9-7-13-12(5-6-14(24-2)19(13)23-9)18(22)15-16(20)10-3-4-11(8-10)17(15)21/h5-7,10-11,22H,3-4,8H2,1-2H3. The Morgan fingerprint density at radius 3 is 2.50 bits per heavy atom. The lowest BCUT2D eigenvalue weighted by Gasteiger charge is -2.20. The summed E-state index contributed by atoms with van der Waals surface area (Å²) in [7, 11) is 0. The highest BCUT2D eigenvalue weighted by Gasteiger charge is 2.45. The summed E-state index contributed by atoms with van der Waals surface area (Å²) < 4.78 is 5.75. The molecular formula is C19H18O4S. The molecule has 1 N–H and O–H groups in total. The van der Waals surface area contributed by atoms with E-state index < -0.39 is 0 Å². The van der Waals surface area contributed by atoms with Crippen molar-refractivity contribution in [1.29, 1.82) is 0 Å². The van der Waals surface area contributed by atoms with Crippen molar-refractivity contribution in [3.8, 4) is 0 Å². The van der Waals surface area contributed by atoms with Crippen molar-refractivity contribution in [1.82, 2.24) is 0 Å². The second kappa shape index (κ2) is 5.52. The Hall–Kier alpha value is -2.01. The molecule has 2 atom stereocenters. The zero-order chi connectivity index (χ0) is 17.0. The molecule has 0 saturated heterocycles. The Morgan fingerprint density at radius 1 is 1.21 bits per heavy atom. The van der Waals surface area contributed by atoms with Gasteiger partial charge in [-0.15, -0.1) is 11.8 Å². The van der Waals surface area contributed by atoms with Crippen LogP contribution in [0.4, 0.5) is 0 Å². The summed E-state index contributed by atoms with van der Waals surface area (Å²) in [6, 6.07) is 5.46. The number of ketones is 2. The maximum absolute atomic E-state index is 12.6. The minimum atomic E-state index is -0.200. The zero-order valence-corrected chi connectivity index (χ0v) is 14.4. The van der Waals surface area contributed by atoms with Crippen LogP contribution in [0, 0.1) is 18.8 Å². The largest absolute Gasteiger partial charge is 0.506 e. The highest BCUT2D eigenvalue weighted by molar-refractivity contribution is 7.98. The van der Waals surface area contributed by atoms with Gasteiger partial charge in [0.1, 0.15) is 22.7 Å². The number of aryl methyl sites for hydroxylation is 1. The summed E-state index contributed by atoms with van der Waals surface area (Å²) in [5.41, 5.74) is 1.17. The molecule has 0 spiro atoms. The van der Waals surface area contributed by atoms with Gasteiger partial charge in [0.2, 0.25) is 0 Å². The molecule has 4 nitrogen and oxygen atoms in total. The summed E-state index contributed by atoms with van der Waals surface area (Å²) >= 11 is 1.55. The SMILES string of the molecule is CSc1ccc(C(O)=C2C(=O)C3CCC(C3)C2=O)c2cc(C)oc12. The van der Waals surface area contributed by atoms with Gasteiger partial charge in [-0.05, 0) is 50.6 Å². The molecule has 24 heavy (non-hydrogen) atoms. The van der Waals surface area contributed by atoms with Gasteiger partial charge in [-0.1, -0.05) is 0 Å². The number of carbonyl (C=O) groups is 2. The number of hydrogen-bond acceptors (Lipinski definition) is 5. The Morgan fingerprint density at radius 2 is 1.88 bits per heavy atom. The normalized spacial score (nSPS) is 23.3. The van der Waals surface area contributed by atoms with Crippen molar-refractivity contribution in [3.05, 3.63) is 35.1 Å². The van der Waals surface area contributed by atoms with Gasteiger partial charge in [-0.3, -0.25) is 9.59 Å². The van der Waals surface area contributed by atoms with Crippen LogP contribution in [-0.4, -0.2) is 22.9 Å². The molecule has 0 aliphatic heterocycles. The smallest absolute Gasteiger partial charge is 0.173 e. The molecule has 1 aromatic carbocycles. The van der Waals surface area contributed by atoms with E-state index in [9.17, 15) is 14.7 Å². The molecule has 2 aliphatic rings. The first-order valence-electron chi connectivity index (χ1n) is 8.10. The van der Waals surface area contributed by atoms with Crippen LogP contribution in [0.3, 0.4) is 0 Å². The number of fused-ring (bicyclic) bond motifs is 3. The molecule has 1 heterocycles. The Labute approximate surface area is 143 Å². The molecule has 5 heteroatoms. The third kappa shape index (κ3) is 2.14. The molecule has 0 radical (unpaired) electrons. The quantitative estimate of drug-likeness (QED) is 0.381. The predicted octanol–water partition coefficient (Wildman–Crippen LogP) is 4.30. The summed E-state index contributed by atoms with van der Waals surface area (Å²) in [6.45, 7) is 1.84. The topological polar surface area (TPSA) is 67.5 Å². The number of benzene rings is 1. The minimum Gasteiger partial charge on any atom is -0.506 e. The van der Waals surface area contributed by atoms with Crippen molar-refractivity contribution < 1.29 is 19.1 Å². The highest BCUT2D eigenvalue weighted by atomic mass is 32.2. The van der Waals surface area contributed by atoms with Gasteiger partial charge in [0.25, 0.3) is 0 Å². The number of hydrogen-bond donors (Lipinski definition) is 1. The van der Waals surface area contributed by atoms with Crippen molar-refractivity contribution >= 4 is 40.1 Å². The van der Waals surface area contributed by atoms with Gasteiger partial charge in [-0.25, -0.2) is 0 Å². The lowest BCUT2D eigenvalue weighted by molar-refractivity contribution is -0.127. The Balaban J connectivity index is 1.94. The van der Waals surface area contributed by atoms with Crippen LogP contribution in [-0.2, 0) is 9.59 Å². The first kappa shape index (κ1) is 15.5. The third-order valence-corrected chi connectivity index (χ3v) is 5.91. The second-order valence-electron chi connectivity index (χ2n) is 6.57. The molecular weight excluding hydrogens is 324 g/mol. The van der Waals surface area contributed by atoms with Gasteiger partial charge in [-0.2, -0.15) is 0 Å². The van der Waals surface area contributed by atoms with E-state index in [1.165, 1.54) is 0 Å². The van der Waals surface area contributed by atoms with E-state index in [0.29, 0.717) is 17.6 Å². The Bertz CT molecular complexity index is 881. The van der Waals surface area contributed by atoms with Crippen LogP contribution >= 0.6 is 11.8 Å². The van der Waals surface area contributed by atoms with Gasteiger partial charge in [0.15, 0.2) is 11.6 Å². The summed E-state index contributed by atoms with van der Waals surface area (Å²) in [5, 5.41) is 11.5. The number of aliphatic hydroxyl groups is 1. The molecule has 2 aromatic rings. The maximum atomic E-state index is 12.6. The van der Waals surface area contributed by atoms with E-state index in [2.05, 4.69) is 0 Å². The maximum Gasteiger partial charge on any atom is 0.173 e. The van der Waals surface area contributed by atoms with E-state index in [4.69, 9.17) is 4.42 Å². The number of allylic oxidation sites excluding steroid dienone is 1. The minimum absolute atomic E-state index is 0.00851. The highest BCUT2D eigenvalue weighted by Crippen LogP contribution is 2.43. The molecule has 2 unspecified atom stereocenters. The third-order valence-electron chi connectivity index (χ3n) is 5.15. The predicted molar refractivity (Wildman–Crippen MR) is 93.1 cm³/mol. The second-order valence-corrected chi connectivity index (χ2v) is 7.42. The van der Waals surface area contributed by atoms with Crippen molar-refractivity contribution in [2.45, 2.75) is 31.1 Å². The van der Waals surface area contributed by atoms with Gasteiger partial charge in [0.05, 0.1) is 4.90 Å². The van der Waals surface area contributed by atoms with Crippen LogP contribution in [0.1, 0.15) is 30.6 Å². The summed E-state index contributed by atoms with van der Waals surface area (Å²) in [4.78, 5) is 26.2. The van der Waals surface area contributed by atoms with Crippen LogP contribution in [0.2, 0.25) is 0 Å². The number of Topliss-reactive ketones (excluding diaryl/α,β-unsaturated/α-hetero) is 2. The first-order chi connectivity index (χ1) is 11.5. The van der Waals surface area contributed by atoms with E-state index in [-0.39, 0.29) is 34.7 Å². The number of thioether (sulfide) groups is 1. The molecule has 2 fully saturated rings. The monoisotopic (exact) mass is 342 g/mol. The first-order valence-corrected chi connectivity index (χ1v) is 9.33. The Kier molecular flexibility index (Phi) is 3.57. The van der Waals surface area contributed by atoms with Gasteiger partial charge in [0, 0.05) is 22.8 Å². The number of aliphatic hydroxyl groups excluding tert-OH is 1. The fourth-order valence-corrected chi connectivity index (χ4v) is 4.49. The van der Waals surface area contributed by atoms with Crippen LogP contribution in [0.25, 0.3) is 16.7 Å². The van der Waals surface area contributed by atoms with Crippen LogP contribution < -0.4 is 0 Å². The fourth-order valence-electron chi connectivity index (χ4n) is 3.94. The van der Waals surface area contributed by atoms with E-state index in [1.54, 1.807) is 17.8 Å². The van der Waals surface area contributed by atoms with Gasteiger partial charge < -0.3 is 9.52 Å². The molecule has 124 valence electrons. The van der Waals surface area contributed by atoms with E-state index >= 15 is 0 Å². The van der Waals surface area contributed by atoms with Crippen molar-refractivity contribution in [2.75, 3.05) is 6.26 Å². The number of furan rings is 1. The lowest BCUT2D eigenvalue weighted by Crippen LogP contribution is -2.30. The average molecular weight is 342 g/mol. The molecule has 0 amide bonds. The molecule has 2 saturated carbocycles. The number of carbonyl (C=O) groups excluding carboxylic acids is 2. The van der Waals surface area contributed by atoms with Gasteiger partial charge >= 0.3 is 0 Å². The lowest BCUT2D eigenvalue weighted by atomic mass is 9.81. The molecule has 4 rings (SSSR count). The molecule has 2 bridgehead atoms. The molecule has 2 aliphatic carbocycles. The van der Waals surface area contributed by atoms with Crippen LogP contribution in [0.5, 0.6) is 0 Å². The summed E-state index contributed by atoms with van der Waals surface area (Å²) in [6.07, 6.45) is 4.09. The van der Waals surface area contributed by atoms with E-state index in [1.807, 2.05) is 25.3 Å². The van der Waals surface area contributed by atoms with Crippen molar-refractivity contribution in [3.63, 3.8) is 0 Å². The zero-order valence-electron chi connectivity index (χ0n) is 13.6. The van der Waals surface area contributed by atoms with E-state index in [0.717, 1.165) is 28.9 Å². The number of rotatable bonds is 2. The average Bonchev–Trinajstić information content (AvgIpc) is 3.16. The summed E-state index contributed by atoms with van der Waals surface area (Å²) in [5.74, 6) is -0.0946. The fraction of sp³-hybridized carbons (Fsp3) is 0.368. The molecule has 1 aromatic heterocycles. The van der Waals surface area contributed by atoms with Crippen LogP contribution in [0.15, 0.2) is 33.1 Å².